The minimum absolute atomic E-state index is 0.283. The van der Waals surface area contributed by atoms with Crippen LogP contribution in [0.25, 0.3) is 0 Å². The molecular formula is C12H7BrFNO. The Labute approximate surface area is 100 Å². The molecule has 16 heavy (non-hydrogen) atoms. The highest BCUT2D eigenvalue weighted by atomic mass is 79.9. The van der Waals surface area contributed by atoms with Crippen molar-refractivity contribution in [3.05, 3.63) is 64.1 Å². The van der Waals surface area contributed by atoms with E-state index in [-0.39, 0.29) is 11.3 Å². The third-order valence-corrected chi connectivity index (χ3v) is 2.48. The van der Waals surface area contributed by atoms with E-state index in [0.29, 0.717) is 10.2 Å². The molecule has 0 radical (unpaired) electrons. The molecule has 2 aromatic rings. The molecule has 2 nitrogen and oxygen atoms in total. The fourth-order valence-corrected chi connectivity index (χ4v) is 1.80. The van der Waals surface area contributed by atoms with Crippen LogP contribution < -0.4 is 0 Å². The highest BCUT2D eigenvalue weighted by Crippen LogP contribution is 2.17. The van der Waals surface area contributed by atoms with Crippen molar-refractivity contribution in [1.82, 2.24) is 4.98 Å². The van der Waals surface area contributed by atoms with E-state index < -0.39 is 5.82 Å². The summed E-state index contributed by atoms with van der Waals surface area (Å²) in [5.74, 6) is -0.741. The van der Waals surface area contributed by atoms with Crippen molar-refractivity contribution in [2.75, 3.05) is 0 Å². The number of hydrogen-bond acceptors (Lipinski definition) is 2. The summed E-state index contributed by atoms with van der Waals surface area (Å²) < 4.78 is 13.6. The number of halogens is 2. The Kier molecular flexibility index (Phi) is 3.10. The van der Waals surface area contributed by atoms with Crippen LogP contribution in [0.15, 0.2) is 47.1 Å². The summed E-state index contributed by atoms with van der Waals surface area (Å²) in [6, 6.07) is 9.10. The summed E-state index contributed by atoms with van der Waals surface area (Å²) >= 11 is 3.14. The minimum Gasteiger partial charge on any atom is -0.287 e. The topological polar surface area (TPSA) is 30.0 Å². The average molecular weight is 280 g/mol. The van der Waals surface area contributed by atoms with Gasteiger partial charge in [-0.3, -0.25) is 9.78 Å². The van der Waals surface area contributed by atoms with Crippen molar-refractivity contribution in [3.63, 3.8) is 0 Å². The predicted molar refractivity (Wildman–Crippen MR) is 61.8 cm³/mol. The number of hydrogen-bond donors (Lipinski definition) is 0. The van der Waals surface area contributed by atoms with Crippen molar-refractivity contribution in [2.45, 2.75) is 0 Å². The molecule has 0 atom stereocenters. The molecular weight excluding hydrogens is 273 g/mol. The zero-order valence-corrected chi connectivity index (χ0v) is 9.74. The van der Waals surface area contributed by atoms with Crippen LogP contribution in [0.2, 0.25) is 0 Å². The highest BCUT2D eigenvalue weighted by molar-refractivity contribution is 9.10. The van der Waals surface area contributed by atoms with Gasteiger partial charge in [-0.25, -0.2) is 4.39 Å². The van der Waals surface area contributed by atoms with Gasteiger partial charge in [-0.2, -0.15) is 0 Å². The van der Waals surface area contributed by atoms with Crippen molar-refractivity contribution in [1.29, 1.82) is 0 Å². The first kappa shape index (κ1) is 11.0. The van der Waals surface area contributed by atoms with Gasteiger partial charge in [-0.1, -0.05) is 22.0 Å². The number of benzene rings is 1. The Morgan fingerprint density at radius 2 is 2.06 bits per heavy atom. The Balaban J connectivity index is 2.42. The van der Waals surface area contributed by atoms with Gasteiger partial charge in [0.05, 0.1) is 0 Å². The standard InChI is InChI=1S/C12H7BrFNO/c13-9-5-8(6-10(14)7-9)12(16)11-3-1-2-4-15-11/h1-7H. The van der Waals surface area contributed by atoms with E-state index in [4.69, 9.17) is 0 Å². The second-order valence-corrected chi connectivity index (χ2v) is 4.12. The molecule has 1 aromatic heterocycles. The molecule has 0 amide bonds. The van der Waals surface area contributed by atoms with Gasteiger partial charge in [0.25, 0.3) is 0 Å². The van der Waals surface area contributed by atoms with Gasteiger partial charge in [0, 0.05) is 16.2 Å². The van der Waals surface area contributed by atoms with Gasteiger partial charge in [0.2, 0.25) is 5.78 Å². The molecule has 0 saturated carbocycles. The fraction of sp³-hybridized carbons (Fsp3) is 0. The Morgan fingerprint density at radius 1 is 1.25 bits per heavy atom. The van der Waals surface area contributed by atoms with Crippen molar-refractivity contribution in [3.8, 4) is 0 Å². The second-order valence-electron chi connectivity index (χ2n) is 3.20. The van der Waals surface area contributed by atoms with Crippen LogP contribution in [0, 0.1) is 5.82 Å². The zero-order valence-electron chi connectivity index (χ0n) is 8.15. The molecule has 0 unspecified atom stereocenters. The summed E-state index contributed by atoms with van der Waals surface area (Å²) in [6.45, 7) is 0. The molecule has 0 aliphatic rings. The van der Waals surface area contributed by atoms with Crippen molar-refractivity contribution >= 4 is 21.7 Å². The van der Waals surface area contributed by atoms with Gasteiger partial charge in [-0.05, 0) is 30.3 Å². The number of nitrogens with zero attached hydrogens (tertiary/aromatic N) is 1. The Bertz CT molecular complexity index is 508. The average Bonchev–Trinajstić information content (AvgIpc) is 2.28. The number of aromatic nitrogens is 1. The molecule has 0 N–H and O–H groups in total. The van der Waals surface area contributed by atoms with Crippen LogP contribution in [0.5, 0.6) is 0 Å². The van der Waals surface area contributed by atoms with Gasteiger partial charge >= 0.3 is 0 Å². The lowest BCUT2D eigenvalue weighted by atomic mass is 10.1. The lowest BCUT2D eigenvalue weighted by Gasteiger charge is -2.01. The molecule has 0 bridgehead atoms. The monoisotopic (exact) mass is 279 g/mol. The van der Waals surface area contributed by atoms with E-state index in [2.05, 4.69) is 20.9 Å². The first-order valence-electron chi connectivity index (χ1n) is 4.58. The van der Waals surface area contributed by atoms with Gasteiger partial charge < -0.3 is 0 Å². The SMILES string of the molecule is O=C(c1cc(F)cc(Br)c1)c1ccccn1. The lowest BCUT2D eigenvalue weighted by Crippen LogP contribution is -2.03. The van der Waals surface area contributed by atoms with Gasteiger partial charge in [0.15, 0.2) is 0 Å². The van der Waals surface area contributed by atoms with E-state index in [1.807, 2.05) is 0 Å². The quantitative estimate of drug-likeness (QED) is 0.790. The van der Waals surface area contributed by atoms with Crippen LogP contribution in [0.3, 0.4) is 0 Å². The smallest absolute Gasteiger partial charge is 0.211 e. The molecule has 80 valence electrons. The summed E-state index contributed by atoms with van der Waals surface area (Å²) in [7, 11) is 0. The van der Waals surface area contributed by atoms with Gasteiger partial charge in [-0.15, -0.1) is 0 Å². The highest BCUT2D eigenvalue weighted by Gasteiger charge is 2.11. The lowest BCUT2D eigenvalue weighted by molar-refractivity contribution is 0.103. The molecule has 4 heteroatoms. The predicted octanol–water partition coefficient (Wildman–Crippen LogP) is 3.21. The summed E-state index contributed by atoms with van der Waals surface area (Å²) in [5, 5.41) is 0. The van der Waals surface area contributed by atoms with Crippen LogP contribution >= 0.6 is 15.9 Å². The summed E-state index contributed by atoms with van der Waals surface area (Å²) in [5.41, 5.74) is 0.588. The molecule has 0 aliphatic carbocycles. The molecule has 0 aliphatic heterocycles. The van der Waals surface area contributed by atoms with Gasteiger partial charge in [0.1, 0.15) is 11.5 Å². The van der Waals surface area contributed by atoms with Crippen LogP contribution in [0.1, 0.15) is 16.1 Å². The van der Waals surface area contributed by atoms with Crippen LogP contribution in [-0.4, -0.2) is 10.8 Å². The molecule has 1 aromatic carbocycles. The first-order valence-corrected chi connectivity index (χ1v) is 5.38. The van der Waals surface area contributed by atoms with Crippen molar-refractivity contribution < 1.29 is 9.18 Å². The summed E-state index contributed by atoms with van der Waals surface area (Å²) in [4.78, 5) is 15.8. The molecule has 0 saturated heterocycles. The van der Waals surface area contributed by atoms with E-state index in [0.717, 1.165) is 0 Å². The molecule has 1 heterocycles. The second kappa shape index (κ2) is 4.53. The maximum Gasteiger partial charge on any atom is 0.211 e. The third kappa shape index (κ3) is 2.33. The van der Waals surface area contributed by atoms with E-state index in [9.17, 15) is 9.18 Å². The number of carbonyl (C=O) groups is 1. The summed E-state index contributed by atoms with van der Waals surface area (Å²) in [6.07, 6.45) is 1.53. The Morgan fingerprint density at radius 3 is 2.69 bits per heavy atom. The zero-order chi connectivity index (χ0) is 11.5. The maximum atomic E-state index is 13.1. The Hall–Kier alpha value is -1.55. The largest absolute Gasteiger partial charge is 0.287 e. The van der Waals surface area contributed by atoms with Crippen LogP contribution in [-0.2, 0) is 0 Å². The minimum atomic E-state index is -0.450. The normalized spacial score (nSPS) is 10.1. The first-order chi connectivity index (χ1) is 7.66. The third-order valence-electron chi connectivity index (χ3n) is 2.02. The van der Waals surface area contributed by atoms with E-state index in [1.54, 1.807) is 24.3 Å². The number of carbonyl (C=O) groups excluding carboxylic acids is 1. The molecule has 0 spiro atoms. The number of rotatable bonds is 2. The molecule has 0 fully saturated rings. The van der Waals surface area contributed by atoms with E-state index >= 15 is 0 Å². The number of ketones is 1. The van der Waals surface area contributed by atoms with E-state index in [1.165, 1.54) is 18.3 Å². The fourth-order valence-electron chi connectivity index (χ4n) is 1.33. The number of pyridine rings is 1. The maximum absolute atomic E-state index is 13.1. The molecule has 2 rings (SSSR count). The van der Waals surface area contributed by atoms with Crippen LogP contribution in [0.4, 0.5) is 4.39 Å². The van der Waals surface area contributed by atoms with Crippen molar-refractivity contribution in [2.24, 2.45) is 0 Å².